The Labute approximate surface area is 151 Å². The van der Waals surface area contributed by atoms with Gasteiger partial charge < -0.3 is 10.3 Å². The number of fused-ring (bicyclic) bond motifs is 2. The van der Waals surface area contributed by atoms with Crippen LogP contribution in [0, 0.1) is 0 Å². The molecule has 0 atom stereocenters. The third-order valence-electron chi connectivity index (χ3n) is 3.63. The SMILES string of the molecule is CCNc1nc(SCc2nc3ccsc3c(=O)[nH]2)nc2ccccc12. The van der Waals surface area contributed by atoms with Crippen LogP contribution in [-0.2, 0) is 5.75 Å². The summed E-state index contributed by atoms with van der Waals surface area (Å²) in [6, 6.07) is 9.77. The third-order valence-corrected chi connectivity index (χ3v) is 5.39. The fraction of sp³-hybridized carbons (Fsp3) is 0.176. The lowest BCUT2D eigenvalue weighted by Gasteiger charge is -2.09. The molecule has 0 amide bonds. The van der Waals surface area contributed by atoms with Crippen LogP contribution in [0.15, 0.2) is 45.7 Å². The number of hydrogen-bond acceptors (Lipinski definition) is 7. The molecule has 1 aromatic carbocycles. The molecule has 126 valence electrons. The van der Waals surface area contributed by atoms with Crippen LogP contribution in [0.5, 0.6) is 0 Å². The Kier molecular flexibility index (Phi) is 4.37. The van der Waals surface area contributed by atoms with Crippen LogP contribution in [0.25, 0.3) is 21.1 Å². The lowest BCUT2D eigenvalue weighted by molar-refractivity contribution is 0.981. The zero-order valence-corrected chi connectivity index (χ0v) is 15.1. The van der Waals surface area contributed by atoms with Gasteiger partial charge in [0, 0.05) is 11.9 Å². The van der Waals surface area contributed by atoms with E-state index in [1.165, 1.54) is 23.1 Å². The van der Waals surface area contributed by atoms with Crippen molar-refractivity contribution >= 4 is 50.0 Å². The van der Waals surface area contributed by atoms with E-state index in [-0.39, 0.29) is 5.56 Å². The minimum Gasteiger partial charge on any atom is -0.370 e. The maximum absolute atomic E-state index is 12.1. The molecule has 0 saturated heterocycles. The van der Waals surface area contributed by atoms with Gasteiger partial charge in [0.15, 0.2) is 5.16 Å². The number of anilines is 1. The van der Waals surface area contributed by atoms with Crippen LogP contribution in [0.3, 0.4) is 0 Å². The Morgan fingerprint density at radius 1 is 1.16 bits per heavy atom. The Morgan fingerprint density at radius 2 is 2.04 bits per heavy atom. The van der Waals surface area contributed by atoms with E-state index in [2.05, 4.69) is 25.3 Å². The predicted molar refractivity (Wildman–Crippen MR) is 104 cm³/mol. The molecular weight excluding hydrogens is 354 g/mol. The first-order valence-electron chi connectivity index (χ1n) is 7.84. The highest BCUT2D eigenvalue weighted by molar-refractivity contribution is 7.98. The van der Waals surface area contributed by atoms with Gasteiger partial charge in [0.25, 0.3) is 5.56 Å². The van der Waals surface area contributed by atoms with E-state index >= 15 is 0 Å². The fourth-order valence-corrected chi connectivity index (χ4v) is 3.99. The molecule has 3 aromatic heterocycles. The van der Waals surface area contributed by atoms with Crippen LogP contribution in [-0.4, -0.2) is 26.5 Å². The quantitative estimate of drug-likeness (QED) is 0.413. The average Bonchev–Trinajstić information content (AvgIpc) is 3.09. The number of para-hydroxylation sites is 1. The summed E-state index contributed by atoms with van der Waals surface area (Å²) < 4.78 is 0.658. The predicted octanol–water partition coefficient (Wildman–Crippen LogP) is 3.65. The summed E-state index contributed by atoms with van der Waals surface area (Å²) in [6.45, 7) is 2.82. The van der Waals surface area contributed by atoms with E-state index in [0.717, 1.165) is 28.8 Å². The summed E-state index contributed by atoms with van der Waals surface area (Å²) >= 11 is 2.86. The minimum atomic E-state index is -0.0941. The van der Waals surface area contributed by atoms with E-state index < -0.39 is 0 Å². The highest BCUT2D eigenvalue weighted by Crippen LogP contribution is 2.26. The van der Waals surface area contributed by atoms with Crippen molar-refractivity contribution < 1.29 is 0 Å². The second-order valence-corrected chi connectivity index (χ2v) is 7.20. The Hall–Kier alpha value is -2.45. The molecule has 0 saturated carbocycles. The molecule has 4 aromatic rings. The van der Waals surface area contributed by atoms with Gasteiger partial charge in [-0.15, -0.1) is 11.3 Å². The summed E-state index contributed by atoms with van der Waals surface area (Å²) in [7, 11) is 0. The maximum atomic E-state index is 12.1. The summed E-state index contributed by atoms with van der Waals surface area (Å²) in [5.74, 6) is 1.96. The maximum Gasteiger partial charge on any atom is 0.268 e. The van der Waals surface area contributed by atoms with Gasteiger partial charge in [-0.3, -0.25) is 4.79 Å². The number of hydrogen-bond donors (Lipinski definition) is 2. The molecule has 3 heterocycles. The lowest BCUT2D eigenvalue weighted by atomic mass is 10.2. The van der Waals surface area contributed by atoms with Crippen molar-refractivity contribution in [1.29, 1.82) is 0 Å². The number of thioether (sulfide) groups is 1. The Balaban J connectivity index is 1.64. The summed E-state index contributed by atoms with van der Waals surface area (Å²) in [5.41, 5.74) is 1.53. The van der Waals surface area contributed by atoms with Gasteiger partial charge in [0.2, 0.25) is 0 Å². The van der Waals surface area contributed by atoms with E-state index in [1.54, 1.807) is 0 Å². The number of H-pyrrole nitrogens is 1. The molecule has 0 unspecified atom stereocenters. The first kappa shape index (κ1) is 16.0. The second-order valence-electron chi connectivity index (χ2n) is 5.34. The number of aromatic amines is 1. The van der Waals surface area contributed by atoms with Gasteiger partial charge in [-0.2, -0.15) is 0 Å². The highest BCUT2D eigenvalue weighted by Gasteiger charge is 2.10. The van der Waals surface area contributed by atoms with Crippen LogP contribution in [0.4, 0.5) is 5.82 Å². The lowest BCUT2D eigenvalue weighted by Crippen LogP contribution is -2.09. The Morgan fingerprint density at radius 3 is 2.92 bits per heavy atom. The van der Waals surface area contributed by atoms with Crippen LogP contribution in [0.1, 0.15) is 12.7 Å². The van der Waals surface area contributed by atoms with Crippen molar-refractivity contribution in [3.05, 3.63) is 51.9 Å². The molecule has 0 aliphatic carbocycles. The van der Waals surface area contributed by atoms with E-state index in [9.17, 15) is 4.79 Å². The van der Waals surface area contributed by atoms with Crippen molar-refractivity contribution in [2.24, 2.45) is 0 Å². The second kappa shape index (κ2) is 6.81. The van der Waals surface area contributed by atoms with Crippen LogP contribution in [0.2, 0.25) is 0 Å². The van der Waals surface area contributed by atoms with E-state index in [4.69, 9.17) is 0 Å². The summed E-state index contributed by atoms with van der Waals surface area (Å²) in [4.78, 5) is 28.6. The Bertz CT molecular complexity index is 1110. The largest absolute Gasteiger partial charge is 0.370 e. The van der Waals surface area contributed by atoms with Gasteiger partial charge in [-0.05, 0) is 30.5 Å². The average molecular weight is 369 g/mol. The highest BCUT2D eigenvalue weighted by atomic mass is 32.2. The first-order chi connectivity index (χ1) is 12.2. The number of rotatable bonds is 5. The van der Waals surface area contributed by atoms with Gasteiger partial charge in [-0.1, -0.05) is 23.9 Å². The van der Waals surface area contributed by atoms with Crippen molar-refractivity contribution in [3.63, 3.8) is 0 Å². The molecule has 0 aliphatic rings. The van der Waals surface area contributed by atoms with Gasteiger partial charge in [0.1, 0.15) is 16.3 Å². The molecule has 0 bridgehead atoms. The number of benzene rings is 1. The van der Waals surface area contributed by atoms with Gasteiger partial charge in [-0.25, -0.2) is 15.0 Å². The first-order valence-corrected chi connectivity index (χ1v) is 9.71. The molecule has 8 heteroatoms. The molecule has 0 aliphatic heterocycles. The minimum absolute atomic E-state index is 0.0941. The topological polar surface area (TPSA) is 83.6 Å². The van der Waals surface area contributed by atoms with Crippen molar-refractivity contribution in [3.8, 4) is 0 Å². The molecule has 6 nitrogen and oxygen atoms in total. The monoisotopic (exact) mass is 369 g/mol. The normalized spacial score (nSPS) is 11.2. The van der Waals surface area contributed by atoms with E-state index in [1.807, 2.05) is 42.6 Å². The van der Waals surface area contributed by atoms with Crippen molar-refractivity contribution in [2.75, 3.05) is 11.9 Å². The molecule has 0 fully saturated rings. The molecule has 4 rings (SSSR count). The van der Waals surface area contributed by atoms with Gasteiger partial charge in [0.05, 0.1) is 16.8 Å². The van der Waals surface area contributed by atoms with Crippen LogP contribution < -0.4 is 10.9 Å². The molecule has 0 radical (unpaired) electrons. The fourth-order valence-electron chi connectivity index (χ4n) is 2.54. The smallest absolute Gasteiger partial charge is 0.268 e. The van der Waals surface area contributed by atoms with Crippen molar-refractivity contribution in [1.82, 2.24) is 19.9 Å². The molecule has 0 spiro atoms. The summed E-state index contributed by atoms with van der Waals surface area (Å²) in [5, 5.41) is 6.81. The third kappa shape index (κ3) is 3.22. The van der Waals surface area contributed by atoms with E-state index in [0.29, 0.717) is 21.4 Å². The zero-order chi connectivity index (χ0) is 17.2. The van der Waals surface area contributed by atoms with Crippen LogP contribution >= 0.6 is 23.1 Å². The zero-order valence-electron chi connectivity index (χ0n) is 13.4. The number of thiophene rings is 1. The van der Waals surface area contributed by atoms with Crippen molar-refractivity contribution in [2.45, 2.75) is 17.8 Å². The summed E-state index contributed by atoms with van der Waals surface area (Å²) in [6.07, 6.45) is 0. The number of nitrogens with zero attached hydrogens (tertiary/aromatic N) is 3. The number of nitrogens with one attached hydrogen (secondary N) is 2. The molecule has 25 heavy (non-hydrogen) atoms. The standard InChI is InChI=1S/C17H15N5OS2/c1-2-18-15-10-5-3-4-6-11(10)20-17(22-15)25-9-13-19-12-7-8-24-14(12)16(23)21-13/h3-8H,2,9H2,1H3,(H,18,20,22)(H,19,21,23). The molecule has 2 N–H and O–H groups in total. The molecular formula is C17H15N5OS2. The number of aromatic nitrogens is 4. The van der Waals surface area contributed by atoms with Gasteiger partial charge >= 0.3 is 0 Å².